The molecule has 0 amide bonds. The number of hydrogen-bond donors (Lipinski definition) is 1. The average Bonchev–Trinajstić information content (AvgIpc) is 2.53. The van der Waals surface area contributed by atoms with Crippen molar-refractivity contribution in [2.45, 2.75) is 51.6 Å². The number of aromatic nitrogens is 4. The van der Waals surface area contributed by atoms with E-state index in [1.165, 1.54) is 0 Å². The van der Waals surface area contributed by atoms with Gasteiger partial charge in [-0.3, -0.25) is 9.97 Å². The van der Waals surface area contributed by atoms with Crippen LogP contribution in [0.2, 0.25) is 0 Å². The van der Waals surface area contributed by atoms with Crippen molar-refractivity contribution >= 4 is 0 Å². The lowest BCUT2D eigenvalue weighted by molar-refractivity contribution is 0.156. The molecule has 2 atom stereocenters. The Morgan fingerprint density at radius 1 is 1.00 bits per heavy atom. The summed E-state index contributed by atoms with van der Waals surface area (Å²) in [5, 5.41) is 18.2. The lowest BCUT2D eigenvalue weighted by atomic mass is 9.98. The Morgan fingerprint density at radius 3 is 2.29 bits per heavy atom. The van der Waals surface area contributed by atoms with Crippen LogP contribution >= 0.6 is 0 Å². The Balaban J connectivity index is 1.91. The monoisotopic (exact) mass is 286 g/mol. The van der Waals surface area contributed by atoms with Crippen molar-refractivity contribution < 1.29 is 5.11 Å². The van der Waals surface area contributed by atoms with E-state index in [-0.39, 0.29) is 5.92 Å². The van der Waals surface area contributed by atoms with Crippen LogP contribution in [0.3, 0.4) is 0 Å². The minimum Gasteiger partial charge on any atom is -0.387 e. The highest BCUT2D eigenvalue weighted by Crippen LogP contribution is 2.24. The normalized spacial score (nSPS) is 14.1. The second-order valence-corrected chi connectivity index (χ2v) is 5.66. The van der Waals surface area contributed by atoms with Gasteiger partial charge in [0.25, 0.3) is 0 Å². The van der Waals surface area contributed by atoms with E-state index in [1.807, 2.05) is 12.1 Å². The van der Waals surface area contributed by atoms with E-state index >= 15 is 0 Å². The van der Waals surface area contributed by atoms with Crippen molar-refractivity contribution in [3.05, 3.63) is 47.8 Å². The summed E-state index contributed by atoms with van der Waals surface area (Å²) in [5.74, 6) is 0.608. The Kier molecular flexibility index (Phi) is 5.33. The topological polar surface area (TPSA) is 71.8 Å². The van der Waals surface area contributed by atoms with Gasteiger partial charge in [0, 0.05) is 18.3 Å². The van der Waals surface area contributed by atoms with E-state index in [0.29, 0.717) is 18.0 Å². The molecule has 0 aliphatic carbocycles. The predicted octanol–water partition coefficient (Wildman–Crippen LogP) is 3.01. The number of rotatable bonds is 6. The summed E-state index contributed by atoms with van der Waals surface area (Å²) in [7, 11) is 0. The molecule has 5 nitrogen and oxygen atoms in total. The smallest absolute Gasteiger partial charge is 0.0975 e. The minimum absolute atomic E-state index is 0.260. The zero-order valence-corrected chi connectivity index (χ0v) is 12.8. The molecule has 5 heteroatoms. The summed E-state index contributed by atoms with van der Waals surface area (Å²) in [5.41, 5.74) is 2.52. The highest BCUT2D eigenvalue weighted by Gasteiger charge is 2.14. The molecule has 0 aliphatic heterocycles. The number of hydrogen-bond acceptors (Lipinski definition) is 5. The molecule has 2 unspecified atom stereocenters. The first-order valence-electron chi connectivity index (χ1n) is 7.35. The molecular weight excluding hydrogens is 264 g/mol. The molecule has 2 aromatic rings. The number of aliphatic hydroxyl groups is 1. The van der Waals surface area contributed by atoms with E-state index in [1.54, 1.807) is 18.6 Å². The summed E-state index contributed by atoms with van der Waals surface area (Å²) < 4.78 is 0. The Labute approximate surface area is 125 Å². The maximum Gasteiger partial charge on any atom is 0.0975 e. The lowest BCUT2D eigenvalue weighted by Crippen LogP contribution is -2.06. The molecular formula is C16H22N4O. The van der Waals surface area contributed by atoms with Crippen LogP contribution in [-0.2, 0) is 0 Å². The van der Waals surface area contributed by atoms with Crippen LogP contribution in [0, 0.1) is 0 Å². The van der Waals surface area contributed by atoms with Crippen LogP contribution in [0.25, 0.3) is 0 Å². The van der Waals surface area contributed by atoms with Crippen LogP contribution < -0.4 is 0 Å². The van der Waals surface area contributed by atoms with Gasteiger partial charge in [0.15, 0.2) is 0 Å². The average molecular weight is 286 g/mol. The van der Waals surface area contributed by atoms with Gasteiger partial charge in [-0.05, 0) is 30.9 Å². The molecule has 112 valence electrons. The van der Waals surface area contributed by atoms with Crippen LogP contribution in [0.15, 0.2) is 30.7 Å². The quantitative estimate of drug-likeness (QED) is 0.883. The van der Waals surface area contributed by atoms with Crippen molar-refractivity contribution in [1.29, 1.82) is 0 Å². The second-order valence-electron chi connectivity index (χ2n) is 5.66. The van der Waals surface area contributed by atoms with E-state index in [0.717, 1.165) is 17.8 Å². The number of aliphatic hydroxyl groups excluding tert-OH is 1. The van der Waals surface area contributed by atoms with Gasteiger partial charge in [0.1, 0.15) is 0 Å². The fraction of sp³-hybridized carbons (Fsp3) is 0.500. The summed E-state index contributed by atoms with van der Waals surface area (Å²) in [4.78, 5) is 8.65. The second kappa shape index (κ2) is 7.22. The molecule has 0 spiro atoms. The first-order valence-corrected chi connectivity index (χ1v) is 7.35. The molecule has 0 saturated carbocycles. The van der Waals surface area contributed by atoms with Gasteiger partial charge in [0.05, 0.1) is 29.4 Å². The third-order valence-electron chi connectivity index (χ3n) is 3.60. The summed E-state index contributed by atoms with van der Waals surface area (Å²) in [6.07, 6.45) is 5.96. The fourth-order valence-corrected chi connectivity index (χ4v) is 2.10. The van der Waals surface area contributed by atoms with Gasteiger partial charge in [-0.15, -0.1) is 0 Å². The lowest BCUT2D eigenvalue weighted by Gasteiger charge is -2.14. The molecule has 21 heavy (non-hydrogen) atoms. The molecule has 0 radical (unpaired) electrons. The van der Waals surface area contributed by atoms with Crippen LogP contribution in [0.4, 0.5) is 0 Å². The minimum atomic E-state index is -0.585. The largest absolute Gasteiger partial charge is 0.387 e. The van der Waals surface area contributed by atoms with E-state index in [4.69, 9.17) is 0 Å². The van der Waals surface area contributed by atoms with Gasteiger partial charge < -0.3 is 5.11 Å². The fourth-order valence-electron chi connectivity index (χ4n) is 2.10. The van der Waals surface area contributed by atoms with Crippen LogP contribution in [0.1, 0.15) is 68.6 Å². The standard InChI is InChI=1S/C16H22N4O/c1-11(2)14-9-18-15(10-17-14)16(21)7-6-12(3)13-5-4-8-19-20-13/h4-5,8-12,16,21H,6-7H2,1-3H3. The maximum absolute atomic E-state index is 10.2. The first kappa shape index (κ1) is 15.5. The van der Waals surface area contributed by atoms with Gasteiger partial charge in [0.2, 0.25) is 0 Å². The summed E-state index contributed by atoms with van der Waals surface area (Å²) >= 11 is 0. The molecule has 0 fully saturated rings. The molecule has 1 N–H and O–H groups in total. The molecule has 0 bridgehead atoms. The first-order chi connectivity index (χ1) is 10.1. The van der Waals surface area contributed by atoms with Crippen molar-refractivity contribution in [3.8, 4) is 0 Å². The molecule has 2 rings (SSSR count). The molecule has 2 heterocycles. The molecule has 0 aliphatic rings. The van der Waals surface area contributed by atoms with Gasteiger partial charge in [-0.1, -0.05) is 20.8 Å². The van der Waals surface area contributed by atoms with Crippen molar-refractivity contribution in [1.82, 2.24) is 20.2 Å². The molecule has 0 aromatic carbocycles. The summed E-state index contributed by atoms with van der Waals surface area (Å²) in [6, 6.07) is 3.84. The van der Waals surface area contributed by atoms with E-state index in [2.05, 4.69) is 40.9 Å². The summed E-state index contributed by atoms with van der Waals surface area (Å²) in [6.45, 7) is 6.23. The van der Waals surface area contributed by atoms with Gasteiger partial charge in [-0.2, -0.15) is 10.2 Å². The Morgan fingerprint density at radius 2 is 1.71 bits per heavy atom. The zero-order valence-electron chi connectivity index (χ0n) is 12.8. The van der Waals surface area contributed by atoms with Crippen molar-refractivity contribution in [2.24, 2.45) is 0 Å². The Hall–Kier alpha value is -1.88. The SMILES string of the molecule is CC(C)c1cnc(C(O)CCC(C)c2cccnn2)cn1. The third-order valence-corrected chi connectivity index (χ3v) is 3.60. The van der Waals surface area contributed by atoms with E-state index in [9.17, 15) is 5.11 Å². The van der Waals surface area contributed by atoms with Gasteiger partial charge >= 0.3 is 0 Å². The van der Waals surface area contributed by atoms with Crippen LogP contribution in [-0.4, -0.2) is 25.3 Å². The van der Waals surface area contributed by atoms with Crippen LogP contribution in [0.5, 0.6) is 0 Å². The predicted molar refractivity (Wildman–Crippen MR) is 80.8 cm³/mol. The van der Waals surface area contributed by atoms with Gasteiger partial charge in [-0.25, -0.2) is 0 Å². The number of nitrogens with zero attached hydrogens (tertiary/aromatic N) is 4. The Bertz CT molecular complexity index is 542. The highest BCUT2D eigenvalue weighted by atomic mass is 16.3. The van der Waals surface area contributed by atoms with Crippen molar-refractivity contribution in [2.75, 3.05) is 0 Å². The van der Waals surface area contributed by atoms with Crippen molar-refractivity contribution in [3.63, 3.8) is 0 Å². The molecule has 0 saturated heterocycles. The van der Waals surface area contributed by atoms with E-state index < -0.39 is 6.10 Å². The molecule has 2 aromatic heterocycles. The zero-order chi connectivity index (χ0) is 15.2. The third kappa shape index (κ3) is 4.29. The highest BCUT2D eigenvalue weighted by molar-refractivity contribution is 5.09. The maximum atomic E-state index is 10.2.